The van der Waals surface area contributed by atoms with E-state index >= 15 is 0 Å². The summed E-state index contributed by atoms with van der Waals surface area (Å²) in [6.45, 7) is 1.48. The molecule has 1 N–H and O–H groups in total. The van der Waals surface area contributed by atoms with Crippen LogP contribution in [0.25, 0.3) is 45.2 Å². The SMILES string of the molecule is CC(OC(=O)c1ccc2nc(-c3ccco3)c(-c3ccco3)nc2c1)C(=O)Nc1nc(-c2ccc(Cl)c(Cl)c2)cs1. The van der Waals surface area contributed by atoms with Gasteiger partial charge in [-0.2, -0.15) is 0 Å². The zero-order valence-corrected chi connectivity index (χ0v) is 23.5. The number of carbonyl (C=O) groups excluding carboxylic acids is 2. The van der Waals surface area contributed by atoms with Crippen molar-refractivity contribution in [2.45, 2.75) is 13.0 Å². The van der Waals surface area contributed by atoms with Crippen LogP contribution in [0, 0.1) is 0 Å². The molecular formula is C29H18Cl2N4O5S. The monoisotopic (exact) mass is 604 g/mol. The Morgan fingerprint density at radius 2 is 1.59 bits per heavy atom. The van der Waals surface area contributed by atoms with Crippen molar-refractivity contribution in [3.05, 3.63) is 94.2 Å². The molecular weight excluding hydrogens is 587 g/mol. The number of hydrogen-bond donors (Lipinski definition) is 1. The molecule has 6 rings (SSSR count). The van der Waals surface area contributed by atoms with Crippen molar-refractivity contribution in [3.63, 3.8) is 0 Å². The molecule has 0 saturated carbocycles. The number of esters is 1. The molecule has 204 valence electrons. The van der Waals surface area contributed by atoms with Crippen molar-refractivity contribution in [1.82, 2.24) is 15.0 Å². The molecule has 41 heavy (non-hydrogen) atoms. The minimum absolute atomic E-state index is 0.207. The molecule has 0 bridgehead atoms. The number of hydrogen-bond acceptors (Lipinski definition) is 9. The van der Waals surface area contributed by atoms with Crippen LogP contribution in [0.2, 0.25) is 10.0 Å². The molecule has 4 aromatic heterocycles. The third-order valence-electron chi connectivity index (χ3n) is 6.01. The third kappa shape index (κ3) is 5.58. The molecule has 0 fully saturated rings. The average Bonchev–Trinajstić information content (AvgIpc) is 3.77. The first-order valence-corrected chi connectivity index (χ1v) is 13.8. The number of halogens is 2. The van der Waals surface area contributed by atoms with Crippen LogP contribution in [0.1, 0.15) is 17.3 Å². The number of benzene rings is 2. The van der Waals surface area contributed by atoms with Crippen molar-refractivity contribution in [2.75, 3.05) is 5.32 Å². The van der Waals surface area contributed by atoms with Gasteiger partial charge < -0.3 is 13.6 Å². The van der Waals surface area contributed by atoms with Crippen LogP contribution in [0.3, 0.4) is 0 Å². The Hall–Kier alpha value is -4.51. The largest absolute Gasteiger partial charge is 0.463 e. The van der Waals surface area contributed by atoms with Crippen LogP contribution < -0.4 is 5.32 Å². The fourth-order valence-corrected chi connectivity index (χ4v) is 4.98. The predicted octanol–water partition coefficient (Wildman–Crippen LogP) is 7.76. The molecule has 0 aliphatic rings. The van der Waals surface area contributed by atoms with E-state index in [1.165, 1.54) is 24.5 Å². The predicted molar refractivity (Wildman–Crippen MR) is 156 cm³/mol. The van der Waals surface area contributed by atoms with Crippen LogP contribution in [0.15, 0.2) is 87.4 Å². The number of furan rings is 2. The summed E-state index contributed by atoms with van der Waals surface area (Å²) in [4.78, 5) is 39.5. The first-order valence-electron chi connectivity index (χ1n) is 12.2. The van der Waals surface area contributed by atoms with Gasteiger partial charge in [0.1, 0.15) is 11.4 Å². The fraction of sp³-hybridized carbons (Fsp3) is 0.0690. The lowest BCUT2D eigenvalue weighted by Crippen LogP contribution is -2.30. The Labute approximate surface area is 246 Å². The summed E-state index contributed by atoms with van der Waals surface area (Å²) in [5, 5.41) is 5.63. The maximum absolute atomic E-state index is 13.0. The fourth-order valence-electron chi connectivity index (χ4n) is 3.96. The van der Waals surface area contributed by atoms with Crippen molar-refractivity contribution >= 4 is 62.6 Å². The molecule has 1 atom stereocenters. The van der Waals surface area contributed by atoms with Crippen LogP contribution in [-0.2, 0) is 9.53 Å². The molecule has 0 aliphatic heterocycles. The van der Waals surface area contributed by atoms with Crippen LogP contribution >= 0.6 is 34.5 Å². The van der Waals surface area contributed by atoms with Crippen molar-refractivity contribution in [1.29, 1.82) is 0 Å². The summed E-state index contributed by atoms with van der Waals surface area (Å²) in [5.74, 6) is -0.203. The molecule has 4 heterocycles. The molecule has 1 unspecified atom stereocenters. The third-order valence-corrected chi connectivity index (χ3v) is 7.51. The molecule has 0 spiro atoms. The van der Waals surface area contributed by atoms with Gasteiger partial charge in [-0.25, -0.2) is 19.7 Å². The topological polar surface area (TPSA) is 120 Å². The van der Waals surface area contributed by atoms with E-state index < -0.39 is 18.0 Å². The summed E-state index contributed by atoms with van der Waals surface area (Å²) < 4.78 is 16.5. The Kier molecular flexibility index (Phi) is 7.27. The van der Waals surface area contributed by atoms with Gasteiger partial charge in [-0.1, -0.05) is 29.3 Å². The van der Waals surface area contributed by atoms with E-state index in [1.807, 2.05) is 0 Å². The first-order chi connectivity index (χ1) is 19.9. The van der Waals surface area contributed by atoms with Crippen molar-refractivity contribution in [3.8, 4) is 34.2 Å². The van der Waals surface area contributed by atoms with Gasteiger partial charge in [-0.05, 0) is 61.5 Å². The van der Waals surface area contributed by atoms with Crippen LogP contribution in [0.5, 0.6) is 0 Å². The molecule has 9 nitrogen and oxygen atoms in total. The van der Waals surface area contributed by atoms with Gasteiger partial charge in [-0.3, -0.25) is 10.1 Å². The van der Waals surface area contributed by atoms with E-state index in [2.05, 4.69) is 10.3 Å². The van der Waals surface area contributed by atoms with Gasteiger partial charge in [-0.15, -0.1) is 11.3 Å². The quantitative estimate of drug-likeness (QED) is 0.183. The maximum Gasteiger partial charge on any atom is 0.338 e. The second kappa shape index (κ2) is 11.2. The Bertz CT molecular complexity index is 1890. The van der Waals surface area contributed by atoms with Crippen LogP contribution in [0.4, 0.5) is 5.13 Å². The van der Waals surface area contributed by atoms with Gasteiger partial charge in [0.2, 0.25) is 0 Å². The highest BCUT2D eigenvalue weighted by Gasteiger charge is 2.22. The first kappa shape index (κ1) is 26.7. The number of rotatable bonds is 7. The number of ether oxygens (including phenoxy) is 1. The second-order valence-electron chi connectivity index (χ2n) is 8.78. The van der Waals surface area contributed by atoms with Gasteiger partial charge in [0.05, 0.1) is 44.9 Å². The molecule has 6 aromatic rings. The molecule has 1 amide bonds. The lowest BCUT2D eigenvalue weighted by molar-refractivity contribution is -0.123. The van der Waals surface area contributed by atoms with Gasteiger partial charge in [0.25, 0.3) is 5.91 Å². The lowest BCUT2D eigenvalue weighted by Gasteiger charge is -2.13. The number of nitrogens with zero attached hydrogens (tertiary/aromatic N) is 3. The van der Waals surface area contributed by atoms with Gasteiger partial charge >= 0.3 is 5.97 Å². The van der Waals surface area contributed by atoms with Crippen LogP contribution in [-0.4, -0.2) is 32.9 Å². The smallest absolute Gasteiger partial charge is 0.338 e. The summed E-state index contributed by atoms with van der Waals surface area (Å²) in [7, 11) is 0. The number of aromatic nitrogens is 3. The molecule has 12 heteroatoms. The zero-order chi connectivity index (χ0) is 28.5. The number of amides is 1. The van der Waals surface area contributed by atoms with E-state index in [0.29, 0.717) is 54.8 Å². The standard InChI is InChI=1S/C29H18Cl2N4O5S/c1-15(27(36)35-29-34-22(14-41-29)16-6-8-18(30)19(31)12-16)40-28(37)17-7-9-20-21(13-17)33-26(24-5-3-11-39-24)25(32-20)23-4-2-10-38-23/h2-15H,1H3,(H,34,35,36). The second-order valence-corrected chi connectivity index (χ2v) is 10.5. The Balaban J connectivity index is 1.18. The summed E-state index contributed by atoms with van der Waals surface area (Å²) in [5.41, 5.74) is 3.52. The summed E-state index contributed by atoms with van der Waals surface area (Å²) >= 11 is 13.3. The summed E-state index contributed by atoms with van der Waals surface area (Å²) in [6, 6.07) is 17.0. The van der Waals surface area contributed by atoms with E-state index in [9.17, 15) is 9.59 Å². The minimum atomic E-state index is -1.10. The highest BCUT2D eigenvalue weighted by atomic mass is 35.5. The molecule has 0 aliphatic carbocycles. The number of nitrogens with one attached hydrogen (secondary N) is 1. The minimum Gasteiger partial charge on any atom is -0.463 e. The summed E-state index contributed by atoms with van der Waals surface area (Å²) in [6.07, 6.45) is 1.99. The highest BCUT2D eigenvalue weighted by Crippen LogP contribution is 2.32. The molecule has 0 saturated heterocycles. The Morgan fingerprint density at radius 1 is 0.878 bits per heavy atom. The van der Waals surface area contributed by atoms with E-state index in [1.54, 1.807) is 72.3 Å². The van der Waals surface area contributed by atoms with Crippen molar-refractivity contribution in [2.24, 2.45) is 0 Å². The van der Waals surface area contributed by atoms with E-state index in [0.717, 1.165) is 5.56 Å². The Morgan fingerprint density at radius 3 is 2.24 bits per heavy atom. The van der Waals surface area contributed by atoms with E-state index in [-0.39, 0.29) is 5.56 Å². The highest BCUT2D eigenvalue weighted by molar-refractivity contribution is 7.14. The average molecular weight is 605 g/mol. The van der Waals surface area contributed by atoms with Gasteiger partial charge in [0, 0.05) is 10.9 Å². The van der Waals surface area contributed by atoms with Crippen molar-refractivity contribution < 1.29 is 23.2 Å². The number of anilines is 1. The molecule has 0 radical (unpaired) electrons. The number of carbonyl (C=O) groups is 2. The van der Waals surface area contributed by atoms with E-state index in [4.69, 9.17) is 46.7 Å². The normalized spacial score (nSPS) is 11.9. The molecule has 2 aromatic carbocycles. The maximum atomic E-state index is 13.0. The number of fused-ring (bicyclic) bond motifs is 1. The lowest BCUT2D eigenvalue weighted by atomic mass is 10.1. The number of thiazole rings is 1. The van der Waals surface area contributed by atoms with Gasteiger partial charge in [0.15, 0.2) is 22.8 Å². The zero-order valence-electron chi connectivity index (χ0n) is 21.1.